The summed E-state index contributed by atoms with van der Waals surface area (Å²) in [6, 6.07) is 1.75. The molecule has 0 aliphatic carbocycles. The monoisotopic (exact) mass is 249 g/mol. The Bertz CT molecular complexity index is 422. The van der Waals surface area contributed by atoms with Gasteiger partial charge in [-0.1, -0.05) is 0 Å². The third-order valence-corrected chi connectivity index (χ3v) is 3.32. The first-order valence-electron chi connectivity index (χ1n) is 6.20. The molecule has 5 nitrogen and oxygen atoms in total. The van der Waals surface area contributed by atoms with Crippen LogP contribution in [-0.2, 0) is 4.74 Å². The fraction of sp³-hybridized carbons (Fsp3) is 0.538. The maximum absolute atomic E-state index is 12.4. The number of hydrogen-bond donors (Lipinski definition) is 1. The van der Waals surface area contributed by atoms with Crippen LogP contribution >= 0.6 is 0 Å². The molecule has 1 amide bonds. The Morgan fingerprint density at radius 1 is 1.61 bits per heavy atom. The number of likely N-dealkylation sites (tertiary alicyclic amines) is 1. The first-order chi connectivity index (χ1) is 8.76. The molecule has 0 bridgehead atoms. The Balaban J connectivity index is 2.15. The molecule has 98 valence electrons. The number of ether oxygens (including phenoxy) is 1. The van der Waals surface area contributed by atoms with E-state index in [0.29, 0.717) is 12.1 Å². The van der Waals surface area contributed by atoms with Gasteiger partial charge in [-0.2, -0.15) is 0 Å². The molecule has 1 aliphatic rings. The number of methoxy groups -OCH3 is 1. The molecule has 1 N–H and O–H groups in total. The van der Waals surface area contributed by atoms with Crippen LogP contribution in [0.1, 0.15) is 23.2 Å². The summed E-state index contributed by atoms with van der Waals surface area (Å²) in [5, 5.41) is 3.00. The summed E-state index contributed by atoms with van der Waals surface area (Å²) in [7, 11) is 3.49. The van der Waals surface area contributed by atoms with Crippen molar-refractivity contribution < 1.29 is 9.53 Å². The van der Waals surface area contributed by atoms with Gasteiger partial charge in [0, 0.05) is 33.4 Å². The minimum atomic E-state index is 0.0449. The average molecular weight is 249 g/mol. The quantitative estimate of drug-likeness (QED) is 0.879. The predicted octanol–water partition coefficient (Wildman–Crippen LogP) is 1.37. The molecule has 1 fully saturated rings. The van der Waals surface area contributed by atoms with Crippen LogP contribution in [0.25, 0.3) is 0 Å². The van der Waals surface area contributed by atoms with Crippen molar-refractivity contribution in [1.29, 1.82) is 0 Å². The van der Waals surface area contributed by atoms with E-state index in [2.05, 4.69) is 10.3 Å². The SMILES string of the molecule is CNc1cnccc1C(=O)N1CCCC(OC)C1. The minimum Gasteiger partial charge on any atom is -0.386 e. The highest BCUT2D eigenvalue weighted by Crippen LogP contribution is 2.19. The lowest BCUT2D eigenvalue weighted by molar-refractivity contribution is 0.0269. The van der Waals surface area contributed by atoms with Crippen molar-refractivity contribution in [2.75, 3.05) is 32.6 Å². The maximum Gasteiger partial charge on any atom is 0.256 e. The number of pyridine rings is 1. The molecule has 18 heavy (non-hydrogen) atoms. The zero-order valence-electron chi connectivity index (χ0n) is 10.8. The lowest BCUT2D eigenvalue weighted by atomic mass is 10.1. The topological polar surface area (TPSA) is 54.5 Å². The standard InChI is InChI=1S/C13H19N3O2/c1-14-12-8-15-6-5-11(12)13(17)16-7-3-4-10(9-16)18-2/h5-6,8,10,14H,3-4,7,9H2,1-2H3. The van der Waals surface area contributed by atoms with Crippen molar-refractivity contribution in [3.05, 3.63) is 24.0 Å². The normalized spacial score (nSPS) is 19.7. The number of rotatable bonds is 3. The highest BCUT2D eigenvalue weighted by molar-refractivity contribution is 5.99. The third kappa shape index (κ3) is 2.61. The number of amides is 1. The molecule has 0 saturated carbocycles. The summed E-state index contributed by atoms with van der Waals surface area (Å²) in [6.07, 6.45) is 5.49. The lowest BCUT2D eigenvalue weighted by Crippen LogP contribution is -2.43. The molecule has 1 unspecified atom stereocenters. The summed E-state index contributed by atoms with van der Waals surface area (Å²) < 4.78 is 5.34. The second-order valence-corrected chi connectivity index (χ2v) is 4.42. The van der Waals surface area contributed by atoms with Crippen molar-refractivity contribution in [2.24, 2.45) is 0 Å². The number of carbonyl (C=O) groups excluding carboxylic acids is 1. The van der Waals surface area contributed by atoms with Gasteiger partial charge < -0.3 is 15.0 Å². The summed E-state index contributed by atoms with van der Waals surface area (Å²) in [5.74, 6) is 0.0449. The number of piperidine rings is 1. The lowest BCUT2D eigenvalue weighted by Gasteiger charge is -2.32. The smallest absolute Gasteiger partial charge is 0.256 e. The van der Waals surface area contributed by atoms with Crippen LogP contribution in [0.5, 0.6) is 0 Å². The van der Waals surface area contributed by atoms with Gasteiger partial charge >= 0.3 is 0 Å². The molecule has 1 saturated heterocycles. The number of hydrogen-bond acceptors (Lipinski definition) is 4. The van der Waals surface area contributed by atoms with E-state index >= 15 is 0 Å². The zero-order valence-corrected chi connectivity index (χ0v) is 10.8. The van der Waals surface area contributed by atoms with Gasteiger partial charge in [-0.05, 0) is 18.9 Å². The molecule has 1 aromatic heterocycles. The minimum absolute atomic E-state index is 0.0449. The van der Waals surface area contributed by atoms with Gasteiger partial charge in [-0.25, -0.2) is 0 Å². The molecule has 0 radical (unpaired) electrons. The molecule has 1 aromatic rings. The van der Waals surface area contributed by atoms with Crippen LogP contribution in [0.2, 0.25) is 0 Å². The molecule has 1 atom stereocenters. The van der Waals surface area contributed by atoms with Crippen LogP contribution in [0.15, 0.2) is 18.5 Å². The van der Waals surface area contributed by atoms with E-state index < -0.39 is 0 Å². The average Bonchev–Trinajstić information content (AvgIpc) is 2.46. The maximum atomic E-state index is 12.4. The van der Waals surface area contributed by atoms with Crippen LogP contribution < -0.4 is 5.32 Å². The molecular formula is C13H19N3O2. The largest absolute Gasteiger partial charge is 0.386 e. The first-order valence-corrected chi connectivity index (χ1v) is 6.20. The highest BCUT2D eigenvalue weighted by atomic mass is 16.5. The van der Waals surface area contributed by atoms with Gasteiger partial charge in [0.1, 0.15) is 0 Å². The Morgan fingerprint density at radius 3 is 3.17 bits per heavy atom. The molecule has 2 rings (SSSR count). The molecule has 0 aromatic carbocycles. The number of carbonyl (C=O) groups is 1. The van der Waals surface area contributed by atoms with Gasteiger partial charge in [0.25, 0.3) is 5.91 Å². The van der Waals surface area contributed by atoms with E-state index in [1.165, 1.54) is 0 Å². The Hall–Kier alpha value is -1.62. The summed E-state index contributed by atoms with van der Waals surface area (Å²) in [4.78, 5) is 18.3. The van der Waals surface area contributed by atoms with Crippen molar-refractivity contribution in [2.45, 2.75) is 18.9 Å². The Morgan fingerprint density at radius 2 is 2.44 bits per heavy atom. The Labute approximate surface area is 107 Å². The summed E-state index contributed by atoms with van der Waals surface area (Å²) >= 11 is 0. The van der Waals surface area contributed by atoms with Gasteiger partial charge in [-0.3, -0.25) is 9.78 Å². The number of nitrogens with one attached hydrogen (secondary N) is 1. The van der Waals surface area contributed by atoms with E-state index in [4.69, 9.17) is 4.74 Å². The van der Waals surface area contributed by atoms with Gasteiger partial charge in [0.2, 0.25) is 0 Å². The van der Waals surface area contributed by atoms with Crippen LogP contribution in [0.3, 0.4) is 0 Å². The van der Waals surface area contributed by atoms with Crippen LogP contribution in [0, 0.1) is 0 Å². The van der Waals surface area contributed by atoms with E-state index in [9.17, 15) is 4.79 Å². The number of aromatic nitrogens is 1. The van der Waals surface area contributed by atoms with E-state index in [1.54, 1.807) is 32.6 Å². The van der Waals surface area contributed by atoms with Crippen molar-refractivity contribution >= 4 is 11.6 Å². The second kappa shape index (κ2) is 5.82. The van der Waals surface area contributed by atoms with Gasteiger partial charge in [0.05, 0.1) is 23.6 Å². The fourth-order valence-corrected chi connectivity index (χ4v) is 2.27. The third-order valence-electron chi connectivity index (χ3n) is 3.32. The van der Waals surface area contributed by atoms with Crippen molar-refractivity contribution in [1.82, 2.24) is 9.88 Å². The summed E-state index contributed by atoms with van der Waals surface area (Å²) in [5.41, 5.74) is 1.44. The van der Waals surface area contributed by atoms with Gasteiger partial charge in [-0.15, -0.1) is 0 Å². The fourth-order valence-electron chi connectivity index (χ4n) is 2.27. The van der Waals surface area contributed by atoms with Crippen molar-refractivity contribution in [3.8, 4) is 0 Å². The van der Waals surface area contributed by atoms with Gasteiger partial charge in [0.15, 0.2) is 0 Å². The summed E-state index contributed by atoms with van der Waals surface area (Å²) in [6.45, 7) is 1.46. The second-order valence-electron chi connectivity index (χ2n) is 4.42. The molecule has 2 heterocycles. The molecule has 1 aliphatic heterocycles. The van der Waals surface area contributed by atoms with E-state index in [1.807, 2.05) is 4.90 Å². The highest BCUT2D eigenvalue weighted by Gasteiger charge is 2.25. The van der Waals surface area contributed by atoms with Crippen LogP contribution in [0.4, 0.5) is 5.69 Å². The van der Waals surface area contributed by atoms with E-state index in [-0.39, 0.29) is 12.0 Å². The Kier molecular flexibility index (Phi) is 4.15. The first kappa shape index (κ1) is 12.8. The van der Waals surface area contributed by atoms with Crippen molar-refractivity contribution in [3.63, 3.8) is 0 Å². The van der Waals surface area contributed by atoms with E-state index in [0.717, 1.165) is 25.1 Å². The predicted molar refractivity (Wildman–Crippen MR) is 69.7 cm³/mol. The zero-order chi connectivity index (χ0) is 13.0. The molecule has 0 spiro atoms. The number of nitrogens with zero attached hydrogens (tertiary/aromatic N) is 2. The molecular weight excluding hydrogens is 230 g/mol. The number of anilines is 1. The molecule has 5 heteroatoms. The van der Waals surface area contributed by atoms with Crippen LogP contribution in [-0.4, -0.2) is 49.1 Å².